The van der Waals surface area contributed by atoms with Gasteiger partial charge in [0, 0.05) is 6.54 Å². The molecule has 0 amide bonds. The van der Waals surface area contributed by atoms with Crippen LogP contribution in [-0.4, -0.2) is 20.6 Å². The second-order valence-corrected chi connectivity index (χ2v) is 5.71. The van der Waals surface area contributed by atoms with Crippen molar-refractivity contribution in [1.82, 2.24) is 9.55 Å². The number of benzene rings is 1. The molecule has 0 unspecified atom stereocenters. The number of nitrogens with zero attached hydrogens (tertiary/aromatic N) is 2. The van der Waals surface area contributed by atoms with Crippen LogP contribution in [0.1, 0.15) is 48.9 Å². The molecule has 20 heavy (non-hydrogen) atoms. The summed E-state index contributed by atoms with van der Waals surface area (Å²) in [6, 6.07) is 5.35. The Morgan fingerprint density at radius 1 is 1.35 bits per heavy atom. The van der Waals surface area contributed by atoms with Crippen LogP contribution in [0.2, 0.25) is 0 Å². The van der Waals surface area contributed by atoms with Gasteiger partial charge < -0.3 is 9.67 Å². The summed E-state index contributed by atoms with van der Waals surface area (Å²) in [7, 11) is 0. The second kappa shape index (κ2) is 5.65. The van der Waals surface area contributed by atoms with Crippen molar-refractivity contribution in [1.29, 1.82) is 0 Å². The van der Waals surface area contributed by atoms with Gasteiger partial charge in [0.05, 0.1) is 17.4 Å². The minimum Gasteiger partial charge on any atom is -0.478 e. The number of hydrogen-bond acceptors (Lipinski definition) is 2. The fourth-order valence-corrected chi connectivity index (χ4v) is 3.29. The van der Waals surface area contributed by atoms with Gasteiger partial charge in [0.2, 0.25) is 0 Å². The minimum absolute atomic E-state index is 0.289. The van der Waals surface area contributed by atoms with E-state index in [0.29, 0.717) is 5.52 Å². The predicted molar refractivity (Wildman–Crippen MR) is 77.9 cm³/mol. The molecule has 0 bridgehead atoms. The summed E-state index contributed by atoms with van der Waals surface area (Å²) in [6.07, 6.45) is 9.74. The third kappa shape index (κ3) is 2.55. The third-order valence-corrected chi connectivity index (χ3v) is 4.37. The molecule has 1 N–H and O–H groups in total. The summed E-state index contributed by atoms with van der Waals surface area (Å²) in [5.41, 5.74) is 1.81. The Morgan fingerprint density at radius 3 is 2.90 bits per heavy atom. The summed E-state index contributed by atoms with van der Waals surface area (Å²) in [6.45, 7) is 0.927. The molecule has 1 saturated carbocycles. The van der Waals surface area contributed by atoms with E-state index in [4.69, 9.17) is 5.11 Å². The number of aryl methyl sites for hydroxylation is 1. The Morgan fingerprint density at radius 2 is 2.15 bits per heavy atom. The monoisotopic (exact) mass is 272 g/mol. The van der Waals surface area contributed by atoms with Crippen LogP contribution in [0.25, 0.3) is 11.0 Å². The van der Waals surface area contributed by atoms with Crippen LogP contribution in [0, 0.1) is 5.92 Å². The van der Waals surface area contributed by atoms with Crippen molar-refractivity contribution in [3.8, 4) is 0 Å². The number of carboxylic acids is 1. The van der Waals surface area contributed by atoms with E-state index >= 15 is 0 Å². The SMILES string of the molecule is O=C(O)c1cccc2c1ncn2CCCC1CCCC1. The first-order valence-electron chi connectivity index (χ1n) is 7.43. The van der Waals surface area contributed by atoms with Gasteiger partial charge >= 0.3 is 5.97 Å². The van der Waals surface area contributed by atoms with E-state index in [2.05, 4.69) is 9.55 Å². The molecular formula is C16H20N2O2. The van der Waals surface area contributed by atoms with Crippen LogP contribution in [-0.2, 0) is 6.54 Å². The maximum Gasteiger partial charge on any atom is 0.337 e. The normalized spacial score (nSPS) is 16.0. The van der Waals surface area contributed by atoms with Gasteiger partial charge in [0.25, 0.3) is 0 Å². The molecular weight excluding hydrogens is 252 g/mol. The number of aromatic nitrogens is 2. The summed E-state index contributed by atoms with van der Waals surface area (Å²) < 4.78 is 2.08. The summed E-state index contributed by atoms with van der Waals surface area (Å²) >= 11 is 0. The van der Waals surface area contributed by atoms with E-state index in [9.17, 15) is 4.79 Å². The van der Waals surface area contributed by atoms with Crippen molar-refractivity contribution >= 4 is 17.0 Å². The topological polar surface area (TPSA) is 55.1 Å². The quantitative estimate of drug-likeness (QED) is 0.902. The molecule has 2 aromatic rings. The van der Waals surface area contributed by atoms with E-state index in [-0.39, 0.29) is 5.56 Å². The van der Waals surface area contributed by atoms with E-state index in [1.807, 2.05) is 6.07 Å². The number of aromatic carboxylic acids is 1. The van der Waals surface area contributed by atoms with Crippen molar-refractivity contribution in [2.24, 2.45) is 5.92 Å². The lowest BCUT2D eigenvalue weighted by Crippen LogP contribution is -2.01. The number of carbonyl (C=O) groups is 1. The van der Waals surface area contributed by atoms with Gasteiger partial charge in [-0.15, -0.1) is 0 Å². The first kappa shape index (κ1) is 13.2. The van der Waals surface area contributed by atoms with Gasteiger partial charge in [-0.1, -0.05) is 31.7 Å². The first-order valence-corrected chi connectivity index (χ1v) is 7.43. The van der Waals surface area contributed by atoms with Gasteiger partial charge in [-0.05, 0) is 30.9 Å². The maximum absolute atomic E-state index is 11.2. The highest BCUT2D eigenvalue weighted by atomic mass is 16.4. The standard InChI is InChI=1S/C16H20N2O2/c19-16(20)13-8-3-9-14-15(13)17-11-18(14)10-4-7-12-5-1-2-6-12/h3,8-9,11-12H,1-2,4-7,10H2,(H,19,20). The third-order valence-electron chi connectivity index (χ3n) is 4.37. The Hall–Kier alpha value is -1.84. The molecule has 0 aliphatic heterocycles. The second-order valence-electron chi connectivity index (χ2n) is 5.71. The highest BCUT2D eigenvalue weighted by Gasteiger charge is 2.15. The lowest BCUT2D eigenvalue weighted by molar-refractivity contribution is 0.0699. The maximum atomic E-state index is 11.2. The molecule has 1 fully saturated rings. The smallest absolute Gasteiger partial charge is 0.337 e. The number of carboxylic acid groups (broad SMARTS) is 1. The largest absolute Gasteiger partial charge is 0.478 e. The highest BCUT2D eigenvalue weighted by molar-refractivity contribution is 6.00. The van der Waals surface area contributed by atoms with Crippen molar-refractivity contribution < 1.29 is 9.90 Å². The van der Waals surface area contributed by atoms with E-state index < -0.39 is 5.97 Å². The van der Waals surface area contributed by atoms with E-state index in [1.54, 1.807) is 18.5 Å². The van der Waals surface area contributed by atoms with Crippen molar-refractivity contribution in [3.63, 3.8) is 0 Å². The Kier molecular flexibility index (Phi) is 3.72. The summed E-state index contributed by atoms with van der Waals surface area (Å²) in [5.74, 6) is -0.00817. The number of rotatable bonds is 5. The molecule has 4 nitrogen and oxygen atoms in total. The predicted octanol–water partition coefficient (Wildman–Crippen LogP) is 3.70. The minimum atomic E-state index is -0.910. The summed E-state index contributed by atoms with van der Waals surface area (Å²) in [4.78, 5) is 15.4. The first-order chi connectivity index (χ1) is 9.75. The Balaban J connectivity index is 1.72. The molecule has 1 aliphatic rings. The van der Waals surface area contributed by atoms with Crippen LogP contribution in [0.5, 0.6) is 0 Å². The van der Waals surface area contributed by atoms with Gasteiger partial charge in [0.1, 0.15) is 5.52 Å². The van der Waals surface area contributed by atoms with E-state index in [0.717, 1.165) is 24.4 Å². The number of para-hydroxylation sites is 1. The van der Waals surface area contributed by atoms with Crippen LogP contribution >= 0.6 is 0 Å². The number of hydrogen-bond donors (Lipinski definition) is 1. The van der Waals surface area contributed by atoms with Gasteiger partial charge in [-0.25, -0.2) is 9.78 Å². The number of imidazole rings is 1. The van der Waals surface area contributed by atoms with Crippen LogP contribution in [0.4, 0.5) is 0 Å². The zero-order chi connectivity index (χ0) is 13.9. The molecule has 1 aliphatic carbocycles. The Labute approximate surface area is 118 Å². The molecule has 0 atom stereocenters. The average molecular weight is 272 g/mol. The lowest BCUT2D eigenvalue weighted by Gasteiger charge is -2.09. The fourth-order valence-electron chi connectivity index (χ4n) is 3.29. The molecule has 1 aromatic heterocycles. The van der Waals surface area contributed by atoms with Crippen LogP contribution < -0.4 is 0 Å². The molecule has 0 saturated heterocycles. The van der Waals surface area contributed by atoms with E-state index in [1.165, 1.54) is 32.1 Å². The Bertz CT molecular complexity index is 612. The van der Waals surface area contributed by atoms with Crippen LogP contribution in [0.15, 0.2) is 24.5 Å². The van der Waals surface area contributed by atoms with Crippen LogP contribution in [0.3, 0.4) is 0 Å². The fraction of sp³-hybridized carbons (Fsp3) is 0.500. The molecule has 3 rings (SSSR count). The zero-order valence-electron chi connectivity index (χ0n) is 11.6. The highest BCUT2D eigenvalue weighted by Crippen LogP contribution is 2.29. The van der Waals surface area contributed by atoms with Crippen molar-refractivity contribution in [2.45, 2.75) is 45.1 Å². The molecule has 1 aromatic carbocycles. The average Bonchev–Trinajstić information content (AvgIpc) is 3.08. The molecule has 106 valence electrons. The van der Waals surface area contributed by atoms with Crippen molar-refractivity contribution in [3.05, 3.63) is 30.1 Å². The zero-order valence-corrected chi connectivity index (χ0v) is 11.6. The molecule has 0 radical (unpaired) electrons. The molecule has 4 heteroatoms. The number of fused-ring (bicyclic) bond motifs is 1. The van der Waals surface area contributed by atoms with Gasteiger partial charge in [-0.2, -0.15) is 0 Å². The van der Waals surface area contributed by atoms with Gasteiger partial charge in [-0.3, -0.25) is 0 Å². The molecule has 0 spiro atoms. The van der Waals surface area contributed by atoms with Gasteiger partial charge in [0.15, 0.2) is 0 Å². The molecule has 1 heterocycles. The van der Waals surface area contributed by atoms with Crippen molar-refractivity contribution in [2.75, 3.05) is 0 Å². The lowest BCUT2D eigenvalue weighted by atomic mass is 10.0. The summed E-state index contributed by atoms with van der Waals surface area (Å²) in [5, 5.41) is 9.16.